The molecule has 0 unspecified atom stereocenters. The van der Waals surface area contributed by atoms with E-state index in [1.165, 1.54) is 16.3 Å². The minimum absolute atomic E-state index is 0.141. The number of carbonyl (C=O) groups is 1. The van der Waals surface area contributed by atoms with Crippen molar-refractivity contribution in [2.24, 2.45) is 0 Å². The molecular formula is C23H18Cl2N2OS. The molecule has 0 aliphatic carbocycles. The lowest BCUT2D eigenvalue weighted by Crippen LogP contribution is -2.14. The van der Waals surface area contributed by atoms with Gasteiger partial charge in [-0.2, -0.15) is 0 Å². The van der Waals surface area contributed by atoms with E-state index in [4.69, 9.17) is 28.2 Å². The summed E-state index contributed by atoms with van der Waals surface area (Å²) in [4.78, 5) is 18.2. The highest BCUT2D eigenvalue weighted by molar-refractivity contribution is 7.11. The Morgan fingerprint density at radius 1 is 1.07 bits per heavy atom. The van der Waals surface area contributed by atoms with E-state index in [0.717, 1.165) is 22.0 Å². The average Bonchev–Trinajstić information content (AvgIpc) is 3.03. The molecule has 0 radical (unpaired) electrons. The largest absolute Gasteiger partial charge is 0.324 e. The predicted molar refractivity (Wildman–Crippen MR) is 122 cm³/mol. The van der Waals surface area contributed by atoms with Gasteiger partial charge in [0.05, 0.1) is 27.8 Å². The number of fused-ring (bicyclic) bond motifs is 1. The number of hydrogen-bond donors (Lipinski definition) is 1. The van der Waals surface area contributed by atoms with Gasteiger partial charge in [-0.05, 0) is 41.5 Å². The first kappa shape index (κ1) is 19.9. The van der Waals surface area contributed by atoms with E-state index in [0.29, 0.717) is 15.7 Å². The zero-order valence-electron chi connectivity index (χ0n) is 15.7. The summed E-state index contributed by atoms with van der Waals surface area (Å²) in [5.74, 6) is -0.141. The number of halogens is 2. The first-order chi connectivity index (χ1) is 14.0. The lowest BCUT2D eigenvalue weighted by Gasteiger charge is -2.07. The summed E-state index contributed by atoms with van der Waals surface area (Å²) in [6, 6.07) is 19.7. The van der Waals surface area contributed by atoms with Gasteiger partial charge in [-0.15, -0.1) is 11.3 Å². The second-order valence-electron chi connectivity index (χ2n) is 6.78. The lowest BCUT2D eigenvalue weighted by atomic mass is 10.0. The van der Waals surface area contributed by atoms with Gasteiger partial charge in [0.1, 0.15) is 0 Å². The number of aryl methyl sites for hydroxylation is 1. The highest BCUT2D eigenvalue weighted by Gasteiger charge is 2.14. The van der Waals surface area contributed by atoms with E-state index in [1.54, 1.807) is 29.5 Å². The Morgan fingerprint density at radius 3 is 2.72 bits per heavy atom. The standard InChI is InChI=1S/C23H18Cl2N2OS/c1-14-21(13-22(28)27-20-12-17(24)9-10-19(20)25)29-23(26-14)11-16-7-4-6-15-5-2-3-8-18(15)16/h2-10,12H,11,13H2,1H3,(H,27,28). The smallest absolute Gasteiger partial charge is 0.229 e. The van der Waals surface area contributed by atoms with Crippen molar-refractivity contribution < 1.29 is 4.79 Å². The molecule has 146 valence electrons. The summed E-state index contributed by atoms with van der Waals surface area (Å²) in [5, 5.41) is 7.27. The van der Waals surface area contributed by atoms with E-state index in [2.05, 4.69) is 41.7 Å². The van der Waals surface area contributed by atoms with E-state index >= 15 is 0 Å². The van der Waals surface area contributed by atoms with Crippen LogP contribution < -0.4 is 5.32 Å². The van der Waals surface area contributed by atoms with Crippen LogP contribution in [-0.4, -0.2) is 10.9 Å². The van der Waals surface area contributed by atoms with Crippen molar-refractivity contribution in [3.63, 3.8) is 0 Å². The molecule has 3 aromatic carbocycles. The SMILES string of the molecule is Cc1nc(Cc2cccc3ccccc23)sc1CC(=O)Nc1cc(Cl)ccc1Cl. The number of anilines is 1. The van der Waals surface area contributed by atoms with Gasteiger partial charge in [0, 0.05) is 16.3 Å². The second kappa shape index (κ2) is 8.54. The minimum Gasteiger partial charge on any atom is -0.324 e. The molecule has 1 amide bonds. The topological polar surface area (TPSA) is 42.0 Å². The Hall–Kier alpha value is -2.40. The Kier molecular flexibility index (Phi) is 5.86. The van der Waals surface area contributed by atoms with Crippen LogP contribution in [0.1, 0.15) is 21.1 Å². The quantitative estimate of drug-likeness (QED) is 0.375. The number of nitrogens with one attached hydrogen (secondary N) is 1. The van der Waals surface area contributed by atoms with E-state index in [9.17, 15) is 4.79 Å². The second-order valence-corrected chi connectivity index (χ2v) is 8.79. The van der Waals surface area contributed by atoms with Gasteiger partial charge >= 0.3 is 0 Å². The van der Waals surface area contributed by atoms with Gasteiger partial charge in [0.2, 0.25) is 5.91 Å². The number of benzene rings is 3. The van der Waals surface area contributed by atoms with Crippen LogP contribution in [0.25, 0.3) is 10.8 Å². The first-order valence-electron chi connectivity index (χ1n) is 9.16. The Bertz CT molecular complexity index is 1200. The molecule has 0 spiro atoms. The summed E-state index contributed by atoms with van der Waals surface area (Å²) in [6.45, 7) is 1.94. The molecule has 4 rings (SSSR count). The molecule has 0 atom stereocenters. The number of rotatable bonds is 5. The molecule has 0 saturated heterocycles. The van der Waals surface area contributed by atoms with Crippen molar-refractivity contribution in [3.8, 4) is 0 Å². The Labute approximate surface area is 183 Å². The Balaban J connectivity index is 1.50. The maximum Gasteiger partial charge on any atom is 0.229 e. The maximum absolute atomic E-state index is 12.5. The molecule has 4 aromatic rings. The van der Waals surface area contributed by atoms with Gasteiger partial charge in [0.25, 0.3) is 0 Å². The molecule has 0 aliphatic heterocycles. The summed E-state index contributed by atoms with van der Waals surface area (Å²) in [6.07, 6.45) is 0.997. The van der Waals surface area contributed by atoms with Crippen LogP contribution in [0.4, 0.5) is 5.69 Å². The number of nitrogens with zero attached hydrogens (tertiary/aromatic N) is 1. The van der Waals surface area contributed by atoms with E-state index in [1.807, 2.05) is 13.0 Å². The van der Waals surface area contributed by atoms with Crippen molar-refractivity contribution in [3.05, 3.63) is 91.9 Å². The highest BCUT2D eigenvalue weighted by Crippen LogP contribution is 2.28. The monoisotopic (exact) mass is 440 g/mol. The molecule has 1 heterocycles. The van der Waals surface area contributed by atoms with Crippen LogP contribution in [0.5, 0.6) is 0 Å². The van der Waals surface area contributed by atoms with E-state index < -0.39 is 0 Å². The van der Waals surface area contributed by atoms with Gasteiger partial charge in [-0.3, -0.25) is 4.79 Å². The fourth-order valence-corrected chi connectivity index (χ4v) is 4.70. The van der Waals surface area contributed by atoms with Crippen molar-refractivity contribution in [1.82, 2.24) is 4.98 Å². The molecule has 1 aromatic heterocycles. The van der Waals surface area contributed by atoms with Crippen molar-refractivity contribution in [2.45, 2.75) is 19.8 Å². The molecule has 29 heavy (non-hydrogen) atoms. The number of thiazole rings is 1. The third-order valence-corrected chi connectivity index (χ3v) is 6.40. The number of amides is 1. The van der Waals surface area contributed by atoms with Gasteiger partial charge in [-0.1, -0.05) is 65.7 Å². The molecule has 0 bridgehead atoms. The van der Waals surface area contributed by atoms with Crippen molar-refractivity contribution >= 4 is 56.9 Å². The minimum atomic E-state index is -0.141. The average molecular weight is 441 g/mol. The third-order valence-electron chi connectivity index (χ3n) is 4.68. The third kappa shape index (κ3) is 4.61. The van der Waals surface area contributed by atoms with Gasteiger partial charge in [-0.25, -0.2) is 4.98 Å². The molecule has 6 heteroatoms. The summed E-state index contributed by atoms with van der Waals surface area (Å²) in [5.41, 5.74) is 2.64. The fourth-order valence-electron chi connectivity index (χ4n) is 3.27. The van der Waals surface area contributed by atoms with Crippen LogP contribution in [0, 0.1) is 6.92 Å². The predicted octanol–water partition coefficient (Wildman–Crippen LogP) is 6.68. The van der Waals surface area contributed by atoms with Crippen molar-refractivity contribution in [1.29, 1.82) is 0 Å². The highest BCUT2D eigenvalue weighted by atomic mass is 35.5. The lowest BCUT2D eigenvalue weighted by molar-refractivity contribution is -0.115. The summed E-state index contributed by atoms with van der Waals surface area (Å²) >= 11 is 13.7. The van der Waals surface area contributed by atoms with Crippen LogP contribution in [0.15, 0.2) is 60.7 Å². The zero-order chi connectivity index (χ0) is 20.4. The van der Waals surface area contributed by atoms with Gasteiger partial charge < -0.3 is 5.32 Å². The van der Waals surface area contributed by atoms with Crippen LogP contribution in [0.3, 0.4) is 0 Å². The molecular weight excluding hydrogens is 423 g/mol. The zero-order valence-corrected chi connectivity index (χ0v) is 18.0. The number of hydrogen-bond acceptors (Lipinski definition) is 3. The normalized spacial score (nSPS) is 11.0. The molecule has 0 fully saturated rings. The van der Waals surface area contributed by atoms with Crippen LogP contribution in [0.2, 0.25) is 10.0 Å². The molecule has 1 N–H and O–H groups in total. The van der Waals surface area contributed by atoms with Crippen molar-refractivity contribution in [2.75, 3.05) is 5.32 Å². The molecule has 0 aliphatic rings. The summed E-state index contributed by atoms with van der Waals surface area (Å²) in [7, 11) is 0. The molecule has 3 nitrogen and oxygen atoms in total. The maximum atomic E-state index is 12.5. The fraction of sp³-hybridized carbons (Fsp3) is 0.130. The summed E-state index contributed by atoms with van der Waals surface area (Å²) < 4.78 is 0. The van der Waals surface area contributed by atoms with Gasteiger partial charge in [0.15, 0.2) is 0 Å². The Morgan fingerprint density at radius 2 is 1.86 bits per heavy atom. The number of aromatic nitrogens is 1. The number of carbonyl (C=O) groups excluding carboxylic acids is 1. The molecule has 0 saturated carbocycles. The van der Waals surface area contributed by atoms with E-state index in [-0.39, 0.29) is 12.3 Å². The van der Waals surface area contributed by atoms with Crippen LogP contribution in [-0.2, 0) is 17.6 Å². The van der Waals surface area contributed by atoms with Crippen LogP contribution >= 0.6 is 34.5 Å². The first-order valence-corrected chi connectivity index (χ1v) is 10.7.